The number of aliphatic hydroxyl groups is 1. The van der Waals surface area contributed by atoms with Crippen molar-refractivity contribution < 1.29 is 48.0 Å². The van der Waals surface area contributed by atoms with Crippen LogP contribution in [0.4, 0.5) is 4.79 Å². The van der Waals surface area contributed by atoms with Crippen LogP contribution in [-0.4, -0.2) is 78.2 Å². The first kappa shape index (κ1) is 21.3. The van der Waals surface area contributed by atoms with Gasteiger partial charge in [-0.2, -0.15) is 0 Å². The molecule has 0 radical (unpaired) electrons. The molecule has 2 aliphatic heterocycles. The lowest BCUT2D eigenvalue weighted by atomic mass is 9.90. The number of hydrogen-bond donors (Lipinski definition) is 3. The second kappa shape index (κ2) is 8.31. The minimum absolute atomic E-state index is 0.132. The normalized spacial score (nSPS) is 31.6. The molecule has 2 aliphatic rings. The molecule has 2 rings (SSSR count). The molecule has 2 saturated heterocycles. The lowest BCUT2D eigenvalue weighted by Gasteiger charge is -2.44. The zero-order valence-corrected chi connectivity index (χ0v) is 15.8. The zero-order chi connectivity index (χ0) is 20.4. The van der Waals surface area contributed by atoms with Crippen molar-refractivity contribution in [3.05, 3.63) is 0 Å². The van der Waals surface area contributed by atoms with Crippen molar-refractivity contribution in [1.29, 1.82) is 0 Å². The first-order valence-corrected chi connectivity index (χ1v) is 8.47. The van der Waals surface area contributed by atoms with Crippen LogP contribution >= 0.6 is 12.6 Å². The Morgan fingerprint density at radius 2 is 1.96 bits per heavy atom. The summed E-state index contributed by atoms with van der Waals surface area (Å²) in [5.41, 5.74) is 0. The van der Waals surface area contributed by atoms with Gasteiger partial charge in [0.25, 0.3) is 0 Å². The summed E-state index contributed by atoms with van der Waals surface area (Å²) < 4.78 is 25.8. The summed E-state index contributed by atoms with van der Waals surface area (Å²) in [6, 6.07) is -0.851. The number of amides is 1. The number of fused-ring (bicyclic) bond motifs is 1. The van der Waals surface area contributed by atoms with Crippen molar-refractivity contribution in [3.8, 4) is 0 Å². The van der Waals surface area contributed by atoms with E-state index < -0.39 is 66.0 Å². The molecule has 0 aliphatic carbocycles. The Morgan fingerprint density at radius 1 is 1.33 bits per heavy atom. The molecule has 2 heterocycles. The molecule has 27 heavy (non-hydrogen) atoms. The molecule has 6 atom stereocenters. The Labute approximate surface area is 160 Å². The van der Waals surface area contributed by atoms with E-state index in [1.165, 1.54) is 0 Å². The predicted octanol–water partition coefficient (Wildman–Crippen LogP) is -1.09. The summed E-state index contributed by atoms with van der Waals surface area (Å²) in [6.07, 6.45) is -5.66. The molecule has 0 bridgehead atoms. The Hall–Kier alpha value is -2.05. The number of rotatable bonds is 6. The van der Waals surface area contributed by atoms with Gasteiger partial charge in [-0.3, -0.25) is 9.59 Å². The van der Waals surface area contributed by atoms with Crippen LogP contribution in [0.5, 0.6) is 0 Å². The topological polar surface area (TPSA) is 147 Å². The van der Waals surface area contributed by atoms with Crippen LogP contribution in [0.2, 0.25) is 0 Å². The van der Waals surface area contributed by atoms with Crippen LogP contribution in [0.15, 0.2) is 0 Å². The minimum atomic E-state index is -1.82. The highest BCUT2D eigenvalue weighted by Crippen LogP contribution is 2.39. The van der Waals surface area contributed by atoms with E-state index in [4.69, 9.17) is 18.9 Å². The molecule has 1 amide bonds. The summed E-state index contributed by atoms with van der Waals surface area (Å²) in [6.45, 7) is 1.50. The molecule has 12 heteroatoms. The Morgan fingerprint density at radius 3 is 2.48 bits per heavy atom. The number of esters is 3. The average Bonchev–Trinajstić information content (AvgIpc) is 2.95. The van der Waals surface area contributed by atoms with Gasteiger partial charge in [0.05, 0.1) is 19.8 Å². The highest BCUT2D eigenvalue weighted by molar-refractivity contribution is 7.82. The quantitative estimate of drug-likeness (QED) is 0.282. The largest absolute Gasteiger partial charge is 0.466 e. The van der Waals surface area contributed by atoms with Gasteiger partial charge in [0.15, 0.2) is 12.2 Å². The Bertz CT molecular complexity index is 628. The van der Waals surface area contributed by atoms with Crippen molar-refractivity contribution in [2.24, 2.45) is 0 Å². The maximum absolute atomic E-state index is 12.1. The molecular weight excluding hydrogens is 386 g/mol. The monoisotopic (exact) mass is 407 g/mol. The van der Waals surface area contributed by atoms with Gasteiger partial charge in [-0.1, -0.05) is 0 Å². The average molecular weight is 407 g/mol. The van der Waals surface area contributed by atoms with E-state index in [2.05, 4.69) is 22.7 Å². The zero-order valence-electron chi connectivity index (χ0n) is 14.9. The van der Waals surface area contributed by atoms with E-state index in [0.29, 0.717) is 0 Å². The van der Waals surface area contributed by atoms with Gasteiger partial charge >= 0.3 is 24.0 Å². The lowest BCUT2D eigenvalue weighted by molar-refractivity contribution is -0.213. The van der Waals surface area contributed by atoms with Crippen LogP contribution in [0.25, 0.3) is 0 Å². The second-order valence-electron chi connectivity index (χ2n) is 6.08. The summed E-state index contributed by atoms with van der Waals surface area (Å²) in [4.78, 5) is 44.9. The molecule has 1 unspecified atom stereocenters. The predicted molar refractivity (Wildman–Crippen MR) is 88.6 cm³/mol. The van der Waals surface area contributed by atoms with Crippen molar-refractivity contribution in [2.75, 3.05) is 13.7 Å². The van der Waals surface area contributed by atoms with Crippen LogP contribution in [0, 0.1) is 0 Å². The minimum Gasteiger partial charge on any atom is -0.466 e. The summed E-state index contributed by atoms with van der Waals surface area (Å²) >= 11 is 4.22. The van der Waals surface area contributed by atoms with Gasteiger partial charge in [0, 0.05) is 20.3 Å². The number of nitrogens with one attached hydrogen (secondary N) is 1. The third-order valence-electron chi connectivity index (χ3n) is 4.10. The highest BCUT2D eigenvalue weighted by Gasteiger charge is 2.58. The van der Waals surface area contributed by atoms with Crippen LogP contribution < -0.4 is 5.32 Å². The molecule has 0 aromatic carbocycles. The number of methoxy groups -OCH3 is 1. The number of thiol groups is 1. The van der Waals surface area contributed by atoms with E-state index in [1.54, 1.807) is 0 Å². The summed E-state index contributed by atoms with van der Waals surface area (Å²) in [5.74, 6) is -2.35. The van der Waals surface area contributed by atoms with Crippen LogP contribution in [0.3, 0.4) is 0 Å². The number of alkyl carbamates (subject to hydrolysis) is 1. The number of ether oxygens (including phenoxy) is 5. The maximum atomic E-state index is 12.1. The SMILES string of the molecule is COC(=O)[C@@]1(S)C[C@H]2OC(=O)N[C@H]2C([C@H](OC(C)=O)[C@@H](CO)OC(C)=O)O1. The Balaban J connectivity index is 2.42. The van der Waals surface area contributed by atoms with E-state index in [-0.39, 0.29) is 6.42 Å². The van der Waals surface area contributed by atoms with Crippen molar-refractivity contribution in [1.82, 2.24) is 5.32 Å². The van der Waals surface area contributed by atoms with Gasteiger partial charge in [0.2, 0.25) is 4.93 Å². The number of carbonyl (C=O) groups excluding carboxylic acids is 4. The van der Waals surface area contributed by atoms with E-state index in [1.807, 2.05) is 0 Å². The van der Waals surface area contributed by atoms with Crippen molar-refractivity contribution in [2.45, 2.75) is 55.7 Å². The van der Waals surface area contributed by atoms with Crippen molar-refractivity contribution >= 4 is 36.6 Å². The maximum Gasteiger partial charge on any atom is 0.407 e. The standard InChI is InChI=1S/C15H21NO10S/c1-6(18)23-9(5-17)11(24-7(2)19)12-10-8(25-14(21)16-10)4-15(27,26-12)13(20)22-3/h8-12,17,27H,4-5H2,1-3H3,(H,16,21)/t8-,9-,10-,11-,12?,15+/m1/s1. The third kappa shape index (κ3) is 4.62. The third-order valence-corrected chi connectivity index (χ3v) is 4.57. The molecule has 2 fully saturated rings. The molecule has 11 nitrogen and oxygen atoms in total. The number of carbonyl (C=O) groups is 4. The molecule has 2 N–H and O–H groups in total. The molecule has 0 saturated carbocycles. The lowest BCUT2D eigenvalue weighted by Crippen LogP contribution is -2.64. The smallest absolute Gasteiger partial charge is 0.407 e. The molecule has 0 aromatic rings. The van der Waals surface area contributed by atoms with Gasteiger partial charge in [-0.05, 0) is 0 Å². The Kier molecular flexibility index (Phi) is 6.54. The molecular formula is C15H21NO10S. The van der Waals surface area contributed by atoms with Gasteiger partial charge in [0.1, 0.15) is 12.2 Å². The van der Waals surface area contributed by atoms with Crippen LogP contribution in [-0.2, 0) is 38.1 Å². The first-order valence-electron chi connectivity index (χ1n) is 8.02. The fourth-order valence-electron chi connectivity index (χ4n) is 3.09. The van der Waals surface area contributed by atoms with E-state index in [0.717, 1.165) is 21.0 Å². The first-order chi connectivity index (χ1) is 12.6. The van der Waals surface area contributed by atoms with Crippen LogP contribution in [0.1, 0.15) is 20.3 Å². The van der Waals surface area contributed by atoms with E-state index in [9.17, 15) is 24.3 Å². The van der Waals surface area contributed by atoms with E-state index >= 15 is 0 Å². The number of hydrogen-bond acceptors (Lipinski definition) is 11. The molecule has 152 valence electrons. The number of aliphatic hydroxyl groups excluding tert-OH is 1. The van der Waals surface area contributed by atoms with Crippen molar-refractivity contribution in [3.63, 3.8) is 0 Å². The van der Waals surface area contributed by atoms with Gasteiger partial charge in [-0.25, -0.2) is 9.59 Å². The van der Waals surface area contributed by atoms with Gasteiger partial charge < -0.3 is 34.1 Å². The summed E-state index contributed by atoms with van der Waals surface area (Å²) in [5, 5.41) is 12.1. The fraction of sp³-hybridized carbons (Fsp3) is 0.733. The fourth-order valence-corrected chi connectivity index (χ4v) is 3.48. The highest BCUT2D eigenvalue weighted by atomic mass is 32.1. The molecule has 0 aromatic heterocycles. The molecule has 0 spiro atoms. The summed E-state index contributed by atoms with van der Waals surface area (Å²) in [7, 11) is 1.13. The van der Waals surface area contributed by atoms with Gasteiger partial charge in [-0.15, -0.1) is 12.6 Å². The second-order valence-corrected chi connectivity index (χ2v) is 6.80.